The molecular formula is C16H25N3O3S. The van der Waals surface area contributed by atoms with Gasteiger partial charge in [-0.05, 0) is 49.9 Å². The lowest BCUT2D eigenvalue weighted by Gasteiger charge is -2.33. The van der Waals surface area contributed by atoms with Crippen molar-refractivity contribution in [2.45, 2.75) is 50.1 Å². The summed E-state index contributed by atoms with van der Waals surface area (Å²) in [7, 11) is -3.49. The van der Waals surface area contributed by atoms with Crippen molar-refractivity contribution in [3.05, 3.63) is 29.8 Å². The number of carbonyl (C=O) groups is 1. The van der Waals surface area contributed by atoms with Crippen LogP contribution in [0.4, 0.5) is 0 Å². The Kier molecular flexibility index (Phi) is 5.13. The highest BCUT2D eigenvalue weighted by atomic mass is 32.2. The summed E-state index contributed by atoms with van der Waals surface area (Å²) in [4.78, 5) is 12.5. The lowest BCUT2D eigenvalue weighted by molar-refractivity contribution is 0.0883. The summed E-state index contributed by atoms with van der Waals surface area (Å²) in [5.74, 6) is -0.0791. The third-order valence-electron chi connectivity index (χ3n) is 4.42. The van der Waals surface area contributed by atoms with Crippen LogP contribution in [0.5, 0.6) is 0 Å². The highest BCUT2D eigenvalue weighted by molar-refractivity contribution is 7.89. The molecule has 1 aromatic carbocycles. The second kappa shape index (κ2) is 6.59. The van der Waals surface area contributed by atoms with Crippen molar-refractivity contribution in [2.75, 3.05) is 6.54 Å². The fourth-order valence-electron chi connectivity index (χ4n) is 2.04. The second-order valence-electron chi connectivity index (χ2n) is 6.65. The molecule has 2 rings (SSSR count). The Hall–Kier alpha value is -1.44. The predicted octanol–water partition coefficient (Wildman–Crippen LogP) is 1.23. The molecule has 0 heterocycles. The molecule has 1 aromatic rings. The van der Waals surface area contributed by atoms with Gasteiger partial charge in [-0.2, -0.15) is 0 Å². The summed E-state index contributed by atoms with van der Waals surface area (Å²) in [5.41, 5.74) is 5.67. The minimum atomic E-state index is -3.49. The summed E-state index contributed by atoms with van der Waals surface area (Å²) < 4.78 is 26.8. The molecular weight excluding hydrogens is 314 g/mol. The topological polar surface area (TPSA) is 101 Å². The zero-order chi connectivity index (χ0) is 17.3. The lowest BCUT2D eigenvalue weighted by atomic mass is 9.88. The average molecular weight is 339 g/mol. The van der Waals surface area contributed by atoms with Gasteiger partial charge in [0.25, 0.3) is 5.91 Å². The molecule has 0 bridgehead atoms. The van der Waals surface area contributed by atoms with E-state index in [2.05, 4.69) is 10.0 Å². The Morgan fingerprint density at radius 2 is 1.87 bits per heavy atom. The molecule has 23 heavy (non-hydrogen) atoms. The molecule has 1 saturated carbocycles. The van der Waals surface area contributed by atoms with Crippen molar-refractivity contribution in [3.63, 3.8) is 0 Å². The zero-order valence-electron chi connectivity index (χ0n) is 13.8. The summed E-state index contributed by atoms with van der Waals surface area (Å²) >= 11 is 0. The van der Waals surface area contributed by atoms with E-state index in [1.807, 2.05) is 20.8 Å². The maximum absolute atomic E-state index is 12.3. The first-order valence-electron chi connectivity index (χ1n) is 7.83. The lowest BCUT2D eigenvalue weighted by Crippen LogP contribution is -2.55. The maximum Gasteiger partial charge on any atom is 0.251 e. The molecule has 0 aromatic heterocycles. The van der Waals surface area contributed by atoms with Crippen molar-refractivity contribution < 1.29 is 13.2 Å². The number of hydrogen-bond acceptors (Lipinski definition) is 4. The first-order valence-corrected chi connectivity index (χ1v) is 9.31. The summed E-state index contributed by atoms with van der Waals surface area (Å²) in [5, 5.41) is 2.93. The minimum Gasteiger partial charge on any atom is -0.345 e. The monoisotopic (exact) mass is 339 g/mol. The smallest absolute Gasteiger partial charge is 0.251 e. The molecule has 0 radical (unpaired) electrons. The number of sulfonamides is 1. The van der Waals surface area contributed by atoms with Gasteiger partial charge >= 0.3 is 0 Å². The molecule has 1 amide bonds. The molecule has 0 saturated heterocycles. The fourth-order valence-corrected chi connectivity index (χ4v) is 3.34. The van der Waals surface area contributed by atoms with Crippen molar-refractivity contribution in [1.82, 2.24) is 10.0 Å². The van der Waals surface area contributed by atoms with Crippen LogP contribution >= 0.6 is 0 Å². The highest BCUT2D eigenvalue weighted by Crippen LogP contribution is 2.22. The van der Waals surface area contributed by atoms with Crippen molar-refractivity contribution in [3.8, 4) is 0 Å². The van der Waals surface area contributed by atoms with Crippen molar-refractivity contribution in [2.24, 2.45) is 11.7 Å². The molecule has 7 heteroatoms. The Labute approximate surface area is 137 Å². The molecule has 128 valence electrons. The summed E-state index contributed by atoms with van der Waals surface area (Å²) in [6.45, 7) is 6.21. The van der Waals surface area contributed by atoms with Crippen LogP contribution in [-0.4, -0.2) is 32.5 Å². The first kappa shape index (κ1) is 17.9. The summed E-state index contributed by atoms with van der Waals surface area (Å²) in [6, 6.07) is 6.00. The van der Waals surface area contributed by atoms with Gasteiger partial charge in [0.15, 0.2) is 0 Å². The molecule has 1 atom stereocenters. The van der Waals surface area contributed by atoms with Crippen LogP contribution in [0.15, 0.2) is 29.2 Å². The summed E-state index contributed by atoms with van der Waals surface area (Å²) in [6.07, 6.45) is 1.76. The zero-order valence-corrected chi connectivity index (χ0v) is 14.6. The standard InChI is InChI=1S/C16H25N3O3S/c1-11(2)16(3,10-17)18-15(20)12-4-8-14(9-5-12)23(21,22)19-13-6-7-13/h4-5,8-9,11,13,19H,6-7,10,17H2,1-3H3,(H,18,20). The second-order valence-corrected chi connectivity index (χ2v) is 8.36. The number of rotatable bonds is 7. The predicted molar refractivity (Wildman–Crippen MR) is 89.5 cm³/mol. The average Bonchev–Trinajstić information content (AvgIpc) is 3.30. The molecule has 0 spiro atoms. The van der Waals surface area contributed by atoms with Gasteiger partial charge in [0, 0.05) is 18.2 Å². The minimum absolute atomic E-state index is 0.0549. The Bertz CT molecular complexity index is 666. The van der Waals surface area contributed by atoms with Gasteiger partial charge < -0.3 is 11.1 Å². The molecule has 1 fully saturated rings. The van der Waals surface area contributed by atoms with Gasteiger partial charge in [-0.25, -0.2) is 13.1 Å². The van der Waals surface area contributed by atoms with E-state index in [1.165, 1.54) is 24.3 Å². The van der Waals surface area contributed by atoms with E-state index >= 15 is 0 Å². The van der Waals surface area contributed by atoms with E-state index in [0.29, 0.717) is 12.1 Å². The van der Waals surface area contributed by atoms with Gasteiger partial charge in [0.2, 0.25) is 10.0 Å². The number of amides is 1. The Balaban J connectivity index is 2.11. The van der Waals surface area contributed by atoms with Crippen LogP contribution < -0.4 is 15.8 Å². The maximum atomic E-state index is 12.3. The van der Waals surface area contributed by atoms with Crippen LogP contribution in [0.2, 0.25) is 0 Å². The van der Waals surface area contributed by atoms with Gasteiger partial charge in [-0.15, -0.1) is 0 Å². The number of nitrogens with one attached hydrogen (secondary N) is 2. The largest absolute Gasteiger partial charge is 0.345 e. The quantitative estimate of drug-likeness (QED) is 0.695. The SMILES string of the molecule is CC(C)C(C)(CN)NC(=O)c1ccc(S(=O)(=O)NC2CC2)cc1. The fraction of sp³-hybridized carbons (Fsp3) is 0.562. The van der Waals surface area contributed by atoms with E-state index in [4.69, 9.17) is 5.73 Å². The van der Waals surface area contributed by atoms with Gasteiger partial charge in [-0.3, -0.25) is 4.79 Å². The van der Waals surface area contributed by atoms with Crippen LogP contribution in [0.3, 0.4) is 0 Å². The molecule has 1 aliphatic rings. The van der Waals surface area contributed by atoms with E-state index in [0.717, 1.165) is 12.8 Å². The number of hydrogen-bond donors (Lipinski definition) is 3. The van der Waals surface area contributed by atoms with Gasteiger partial charge in [0.1, 0.15) is 0 Å². The molecule has 6 nitrogen and oxygen atoms in total. The van der Waals surface area contributed by atoms with Crippen LogP contribution in [0, 0.1) is 5.92 Å². The van der Waals surface area contributed by atoms with Crippen LogP contribution in [0.1, 0.15) is 44.0 Å². The third-order valence-corrected chi connectivity index (χ3v) is 5.96. The van der Waals surface area contributed by atoms with Crippen molar-refractivity contribution in [1.29, 1.82) is 0 Å². The number of carbonyl (C=O) groups excluding carboxylic acids is 1. The highest BCUT2D eigenvalue weighted by Gasteiger charge is 2.30. The van der Waals surface area contributed by atoms with Gasteiger partial charge in [0.05, 0.1) is 10.4 Å². The third kappa shape index (κ3) is 4.31. The van der Waals surface area contributed by atoms with Crippen LogP contribution in [0.25, 0.3) is 0 Å². The first-order chi connectivity index (χ1) is 10.7. The normalized spacial score (nSPS) is 17.8. The van der Waals surface area contributed by atoms with E-state index < -0.39 is 15.6 Å². The van der Waals surface area contributed by atoms with Crippen LogP contribution in [-0.2, 0) is 10.0 Å². The molecule has 0 aliphatic heterocycles. The van der Waals surface area contributed by atoms with Crippen molar-refractivity contribution >= 4 is 15.9 Å². The molecule has 1 aliphatic carbocycles. The van der Waals surface area contributed by atoms with Gasteiger partial charge in [-0.1, -0.05) is 13.8 Å². The number of nitrogens with two attached hydrogens (primary N) is 1. The Morgan fingerprint density at radius 1 is 1.30 bits per heavy atom. The number of benzene rings is 1. The Morgan fingerprint density at radius 3 is 2.30 bits per heavy atom. The molecule has 4 N–H and O–H groups in total. The van der Waals surface area contributed by atoms with E-state index in [9.17, 15) is 13.2 Å². The van der Waals surface area contributed by atoms with E-state index in [-0.39, 0.29) is 22.8 Å². The van der Waals surface area contributed by atoms with E-state index in [1.54, 1.807) is 0 Å². The molecule has 1 unspecified atom stereocenters.